The summed E-state index contributed by atoms with van der Waals surface area (Å²) in [7, 11) is 0. The largest absolute Gasteiger partial charge is 0.311 e. The number of nitriles is 2. The van der Waals surface area contributed by atoms with Gasteiger partial charge in [-0.15, -0.1) is 0 Å². The predicted molar refractivity (Wildman–Crippen MR) is 229 cm³/mol. The van der Waals surface area contributed by atoms with Gasteiger partial charge in [0.1, 0.15) is 0 Å². The molecule has 0 aliphatic carbocycles. The van der Waals surface area contributed by atoms with Crippen molar-refractivity contribution in [2.75, 3.05) is 4.90 Å². The fourth-order valence-corrected chi connectivity index (χ4v) is 5.78. The van der Waals surface area contributed by atoms with Crippen LogP contribution in [-0.2, 0) is 6.42 Å². The minimum absolute atomic E-state index is 0.559. The fourth-order valence-electron chi connectivity index (χ4n) is 5.78. The van der Waals surface area contributed by atoms with Gasteiger partial charge in [0.2, 0.25) is 0 Å². The minimum Gasteiger partial charge on any atom is -0.311 e. The van der Waals surface area contributed by atoms with Crippen LogP contribution in [0.1, 0.15) is 40.3 Å². The molecule has 6 aromatic carbocycles. The number of hydrogen-bond acceptors (Lipinski definition) is 3. The molecule has 0 amide bonds. The molecular formula is C51H43N3. The maximum Gasteiger partial charge on any atom is 0.0998 e. The quantitative estimate of drug-likeness (QED) is 0.0769. The highest BCUT2D eigenvalue weighted by atomic mass is 15.1. The first kappa shape index (κ1) is 38.0. The summed E-state index contributed by atoms with van der Waals surface area (Å²) >= 11 is 0. The summed E-state index contributed by atoms with van der Waals surface area (Å²) < 4.78 is 0. The lowest BCUT2D eigenvalue weighted by molar-refractivity contribution is 1.14. The van der Waals surface area contributed by atoms with Gasteiger partial charge in [0.25, 0.3) is 0 Å². The second-order valence-corrected chi connectivity index (χ2v) is 12.7. The number of aryl methyl sites for hydroxylation is 1. The van der Waals surface area contributed by atoms with E-state index in [0.717, 1.165) is 45.7 Å². The zero-order chi connectivity index (χ0) is 38.0. The summed E-state index contributed by atoms with van der Waals surface area (Å²) in [5.74, 6) is 0. The fraction of sp³-hybridized carbons (Fsp3) is 0.0588. The van der Waals surface area contributed by atoms with E-state index >= 15 is 0 Å². The summed E-state index contributed by atoms with van der Waals surface area (Å²) in [4.78, 5) is 2.20. The van der Waals surface area contributed by atoms with E-state index in [1.54, 1.807) is 6.08 Å². The van der Waals surface area contributed by atoms with Crippen molar-refractivity contribution in [1.29, 1.82) is 10.5 Å². The SMILES string of the molecule is C=C/C=C\C=C(/C)Cc1ccccc1.Cc1ccc(/C=C(\C#N)c2ccc(/C(C#N)=C/c3ccc(N(c4ccccc4)c4ccccc4)cc3)cc2)cc1. The van der Waals surface area contributed by atoms with Crippen molar-refractivity contribution in [2.45, 2.75) is 20.3 Å². The lowest BCUT2D eigenvalue weighted by Gasteiger charge is -2.25. The minimum atomic E-state index is 0.559. The Kier molecular flexibility index (Phi) is 14.1. The van der Waals surface area contributed by atoms with Crippen LogP contribution in [0.4, 0.5) is 17.1 Å². The molecule has 3 heteroatoms. The first-order valence-corrected chi connectivity index (χ1v) is 17.9. The molecule has 0 atom stereocenters. The zero-order valence-corrected chi connectivity index (χ0v) is 30.8. The molecule has 262 valence electrons. The second kappa shape index (κ2) is 20.0. The third-order valence-electron chi connectivity index (χ3n) is 8.58. The van der Waals surface area contributed by atoms with Crippen LogP contribution in [0.25, 0.3) is 23.3 Å². The average molecular weight is 698 g/mol. The Balaban J connectivity index is 0.000000338. The molecule has 0 spiro atoms. The third kappa shape index (κ3) is 11.1. The van der Waals surface area contributed by atoms with E-state index in [9.17, 15) is 10.5 Å². The Morgan fingerprint density at radius 1 is 0.556 bits per heavy atom. The highest BCUT2D eigenvalue weighted by molar-refractivity contribution is 5.92. The number of anilines is 3. The molecule has 0 N–H and O–H groups in total. The van der Waals surface area contributed by atoms with Crippen LogP contribution in [0.3, 0.4) is 0 Å². The van der Waals surface area contributed by atoms with Crippen LogP contribution in [0.5, 0.6) is 0 Å². The van der Waals surface area contributed by atoms with Crippen LogP contribution < -0.4 is 4.90 Å². The van der Waals surface area contributed by atoms with Gasteiger partial charge in [0, 0.05) is 17.1 Å². The van der Waals surface area contributed by atoms with Crippen molar-refractivity contribution < 1.29 is 0 Å². The van der Waals surface area contributed by atoms with Gasteiger partial charge in [-0.25, -0.2) is 0 Å². The van der Waals surface area contributed by atoms with E-state index < -0.39 is 0 Å². The Morgan fingerprint density at radius 2 is 0.981 bits per heavy atom. The first-order valence-electron chi connectivity index (χ1n) is 17.9. The average Bonchev–Trinajstić information content (AvgIpc) is 3.22. The molecule has 6 rings (SSSR count). The van der Waals surface area contributed by atoms with E-state index in [-0.39, 0.29) is 0 Å². The van der Waals surface area contributed by atoms with E-state index in [1.807, 2.05) is 134 Å². The lowest BCUT2D eigenvalue weighted by atomic mass is 9.98. The van der Waals surface area contributed by atoms with Crippen LogP contribution in [-0.4, -0.2) is 0 Å². The van der Waals surface area contributed by atoms with Gasteiger partial charge in [-0.3, -0.25) is 0 Å². The Bertz CT molecular complexity index is 2260. The molecule has 0 saturated carbocycles. The van der Waals surface area contributed by atoms with E-state index in [2.05, 4.69) is 97.3 Å². The molecular weight excluding hydrogens is 655 g/mol. The summed E-state index contributed by atoms with van der Waals surface area (Å²) in [5.41, 5.74) is 11.7. The molecule has 0 bridgehead atoms. The Morgan fingerprint density at radius 3 is 1.43 bits per heavy atom. The van der Waals surface area contributed by atoms with Crippen LogP contribution in [0.15, 0.2) is 200 Å². The van der Waals surface area contributed by atoms with Gasteiger partial charge >= 0.3 is 0 Å². The third-order valence-corrected chi connectivity index (χ3v) is 8.58. The Labute approximate surface area is 320 Å². The predicted octanol–water partition coefficient (Wildman–Crippen LogP) is 13.5. The molecule has 54 heavy (non-hydrogen) atoms. The lowest BCUT2D eigenvalue weighted by Crippen LogP contribution is -2.09. The van der Waals surface area contributed by atoms with Crippen LogP contribution >= 0.6 is 0 Å². The normalized spacial score (nSPS) is 11.5. The summed E-state index contributed by atoms with van der Waals surface area (Å²) in [6, 6.07) is 59.5. The second-order valence-electron chi connectivity index (χ2n) is 12.7. The number of allylic oxidation sites excluding steroid dienone is 7. The first-order chi connectivity index (χ1) is 26.5. The molecule has 0 unspecified atom stereocenters. The molecule has 0 aromatic heterocycles. The Hall–Kier alpha value is -7.20. The smallest absolute Gasteiger partial charge is 0.0998 e. The topological polar surface area (TPSA) is 50.8 Å². The number of nitrogens with zero attached hydrogens (tertiary/aromatic N) is 3. The molecule has 0 saturated heterocycles. The van der Waals surface area contributed by atoms with Gasteiger partial charge in [-0.05, 0) is 96.6 Å². The molecule has 0 aliphatic heterocycles. The highest BCUT2D eigenvalue weighted by Crippen LogP contribution is 2.34. The van der Waals surface area contributed by atoms with Crippen molar-refractivity contribution in [3.05, 3.63) is 234 Å². The maximum absolute atomic E-state index is 9.93. The van der Waals surface area contributed by atoms with Gasteiger partial charge < -0.3 is 4.90 Å². The molecule has 0 aliphatic rings. The summed E-state index contributed by atoms with van der Waals surface area (Å²) in [6.45, 7) is 7.80. The molecule has 0 radical (unpaired) electrons. The van der Waals surface area contributed by atoms with Crippen molar-refractivity contribution >= 4 is 40.4 Å². The highest BCUT2D eigenvalue weighted by Gasteiger charge is 2.12. The van der Waals surface area contributed by atoms with Crippen molar-refractivity contribution in [3.8, 4) is 12.1 Å². The molecule has 0 heterocycles. The molecule has 3 nitrogen and oxygen atoms in total. The van der Waals surface area contributed by atoms with Crippen LogP contribution in [0, 0.1) is 29.6 Å². The number of hydrogen-bond donors (Lipinski definition) is 0. The van der Waals surface area contributed by atoms with E-state index in [1.165, 1.54) is 16.7 Å². The number of benzene rings is 6. The van der Waals surface area contributed by atoms with Crippen molar-refractivity contribution in [1.82, 2.24) is 0 Å². The monoisotopic (exact) mass is 697 g/mol. The molecule has 0 fully saturated rings. The standard InChI is InChI=1S/C37H27N3.C14H16/c1-28-12-14-29(15-13-28)24-33(26-38)31-18-20-32(21-19-31)34(27-39)25-30-16-22-37(23-17-30)40(35-8-4-2-5-9-35)36-10-6-3-7-11-36;1-3-4-6-9-13(2)12-14-10-7-5-8-11-14/h2-25H,1H3;3-11H,1,12H2,2H3/b33-24+,34-25+;6-4-,13-9+. The maximum atomic E-state index is 9.93. The summed E-state index contributed by atoms with van der Waals surface area (Å²) in [6.07, 6.45) is 12.6. The summed E-state index contributed by atoms with van der Waals surface area (Å²) in [5, 5.41) is 19.7. The van der Waals surface area contributed by atoms with Crippen molar-refractivity contribution in [3.63, 3.8) is 0 Å². The molecule has 6 aromatic rings. The number of para-hydroxylation sites is 2. The van der Waals surface area contributed by atoms with Crippen molar-refractivity contribution in [2.24, 2.45) is 0 Å². The number of rotatable bonds is 11. The zero-order valence-electron chi connectivity index (χ0n) is 30.8. The van der Waals surface area contributed by atoms with Crippen LogP contribution in [0.2, 0.25) is 0 Å². The van der Waals surface area contributed by atoms with Gasteiger partial charge in [0.15, 0.2) is 0 Å². The van der Waals surface area contributed by atoms with E-state index in [0.29, 0.717) is 11.1 Å². The van der Waals surface area contributed by atoms with E-state index in [4.69, 9.17) is 0 Å². The van der Waals surface area contributed by atoms with Gasteiger partial charge in [0.05, 0.1) is 23.3 Å². The van der Waals surface area contributed by atoms with Gasteiger partial charge in [-0.2, -0.15) is 10.5 Å². The van der Waals surface area contributed by atoms with Gasteiger partial charge in [-0.1, -0.05) is 169 Å².